The van der Waals surface area contributed by atoms with Gasteiger partial charge in [-0.05, 0) is 35.9 Å². The van der Waals surface area contributed by atoms with Crippen LogP contribution in [-0.2, 0) is 4.79 Å². The molecule has 0 fully saturated rings. The number of para-hydroxylation sites is 1. The van der Waals surface area contributed by atoms with Crippen molar-refractivity contribution in [2.45, 2.75) is 6.61 Å². The lowest BCUT2D eigenvalue weighted by Gasteiger charge is -2.05. The summed E-state index contributed by atoms with van der Waals surface area (Å²) in [5.74, 6) is -0.964. The number of thiazole rings is 1. The molecule has 0 atom stereocenters. The Morgan fingerprint density at radius 3 is 2.62 bits per heavy atom. The van der Waals surface area contributed by atoms with E-state index in [4.69, 9.17) is 5.11 Å². The predicted octanol–water partition coefficient (Wildman–Crippen LogP) is 5.21. The molecule has 2 aromatic carbocycles. The molecule has 1 aromatic heterocycles. The van der Waals surface area contributed by atoms with Crippen molar-refractivity contribution in [2.24, 2.45) is 0 Å². The maximum Gasteiger partial charge on any atom is 0.387 e. The molecule has 26 heavy (non-hydrogen) atoms. The van der Waals surface area contributed by atoms with E-state index < -0.39 is 12.6 Å². The van der Waals surface area contributed by atoms with Crippen LogP contribution in [-0.4, -0.2) is 28.4 Å². The second-order valence-electron chi connectivity index (χ2n) is 5.13. The molecule has 0 aliphatic heterocycles. The molecule has 4 nitrogen and oxygen atoms in total. The number of halogens is 2. The van der Waals surface area contributed by atoms with Crippen LogP contribution in [0, 0.1) is 0 Å². The molecule has 134 valence electrons. The Labute approximate surface area is 156 Å². The largest absolute Gasteiger partial charge is 0.481 e. The second kappa shape index (κ2) is 8.29. The molecule has 8 heteroatoms. The van der Waals surface area contributed by atoms with E-state index in [1.54, 1.807) is 18.2 Å². The minimum Gasteiger partial charge on any atom is -0.481 e. The van der Waals surface area contributed by atoms with E-state index in [0.717, 1.165) is 15.8 Å². The number of aliphatic carboxylic acids is 1. The van der Waals surface area contributed by atoms with E-state index in [1.807, 2.05) is 24.3 Å². The summed E-state index contributed by atoms with van der Waals surface area (Å²) >= 11 is 2.64. The molecule has 0 spiro atoms. The van der Waals surface area contributed by atoms with Gasteiger partial charge < -0.3 is 9.84 Å². The average Bonchev–Trinajstić information content (AvgIpc) is 3.03. The van der Waals surface area contributed by atoms with E-state index in [9.17, 15) is 13.6 Å². The predicted molar refractivity (Wildman–Crippen MR) is 101 cm³/mol. The molecule has 0 radical (unpaired) electrons. The zero-order valence-corrected chi connectivity index (χ0v) is 14.9. The first kappa shape index (κ1) is 18.3. The second-order valence-corrected chi connectivity index (χ2v) is 7.17. The number of alkyl halides is 2. The van der Waals surface area contributed by atoms with Crippen LogP contribution in [0.4, 0.5) is 8.78 Å². The summed E-state index contributed by atoms with van der Waals surface area (Å²) in [6.45, 7) is -2.87. The highest BCUT2D eigenvalue weighted by Crippen LogP contribution is 2.35. The lowest BCUT2D eigenvalue weighted by molar-refractivity contribution is -0.133. The van der Waals surface area contributed by atoms with Gasteiger partial charge in [-0.3, -0.25) is 4.79 Å². The molecule has 0 saturated carbocycles. The van der Waals surface area contributed by atoms with Gasteiger partial charge in [-0.1, -0.05) is 24.3 Å². The smallest absolute Gasteiger partial charge is 0.387 e. The number of hydrogen-bond acceptors (Lipinski definition) is 5. The van der Waals surface area contributed by atoms with E-state index >= 15 is 0 Å². The number of carboxylic acid groups (broad SMARTS) is 1. The van der Waals surface area contributed by atoms with E-state index in [1.165, 1.54) is 35.2 Å². The first-order chi connectivity index (χ1) is 12.5. The minimum absolute atomic E-state index is 0.0666. The lowest BCUT2D eigenvalue weighted by atomic mass is 10.2. The Morgan fingerprint density at radius 1 is 1.23 bits per heavy atom. The van der Waals surface area contributed by atoms with Crippen LogP contribution in [0.15, 0.2) is 48.5 Å². The molecular weight excluding hydrogens is 380 g/mol. The fourth-order valence-corrected chi connectivity index (χ4v) is 4.03. The topological polar surface area (TPSA) is 59.4 Å². The summed E-state index contributed by atoms with van der Waals surface area (Å²) < 4.78 is 29.8. The summed E-state index contributed by atoms with van der Waals surface area (Å²) in [4.78, 5) is 16.2. The van der Waals surface area contributed by atoms with Crippen molar-refractivity contribution in [3.05, 3.63) is 59.1 Å². The zero-order valence-electron chi connectivity index (χ0n) is 13.3. The van der Waals surface area contributed by atoms with Crippen molar-refractivity contribution in [2.75, 3.05) is 5.75 Å². The maximum absolute atomic E-state index is 12.2. The number of carboxylic acids is 1. The fourth-order valence-electron chi connectivity index (χ4n) is 2.18. The Bertz CT molecular complexity index is 906. The molecule has 3 aromatic rings. The van der Waals surface area contributed by atoms with Crippen LogP contribution in [0.2, 0.25) is 0 Å². The number of fused-ring (bicyclic) bond motifs is 1. The summed E-state index contributed by atoms with van der Waals surface area (Å²) in [5, 5.41) is 9.70. The van der Waals surface area contributed by atoms with Crippen LogP contribution < -0.4 is 4.74 Å². The van der Waals surface area contributed by atoms with Crippen LogP contribution in [0.25, 0.3) is 21.2 Å². The maximum atomic E-state index is 12.2. The van der Waals surface area contributed by atoms with Crippen LogP contribution >= 0.6 is 23.1 Å². The molecule has 0 unspecified atom stereocenters. The van der Waals surface area contributed by atoms with Crippen LogP contribution in [0.3, 0.4) is 0 Å². The SMILES string of the molecule is O=C(O)CS/C(=C\c1ccc(OC(F)F)cc1)c1nc2ccccc2s1. The number of thioether (sulfide) groups is 1. The monoisotopic (exact) mass is 393 g/mol. The average molecular weight is 393 g/mol. The van der Waals surface area contributed by atoms with E-state index in [2.05, 4.69) is 9.72 Å². The van der Waals surface area contributed by atoms with Gasteiger partial charge >= 0.3 is 12.6 Å². The molecular formula is C18H13F2NO3S2. The number of aromatic nitrogens is 1. The number of benzene rings is 2. The van der Waals surface area contributed by atoms with Gasteiger partial charge in [0.15, 0.2) is 0 Å². The third-order valence-corrected chi connectivity index (χ3v) is 5.47. The van der Waals surface area contributed by atoms with E-state index in [-0.39, 0.29) is 11.5 Å². The Morgan fingerprint density at radius 2 is 1.96 bits per heavy atom. The van der Waals surface area contributed by atoms with Crippen molar-refractivity contribution in [1.29, 1.82) is 0 Å². The third kappa shape index (κ3) is 4.80. The van der Waals surface area contributed by atoms with Gasteiger partial charge in [0.1, 0.15) is 10.8 Å². The third-order valence-electron chi connectivity index (χ3n) is 3.26. The molecule has 0 aliphatic rings. The van der Waals surface area contributed by atoms with Crippen molar-refractivity contribution in [1.82, 2.24) is 4.98 Å². The Hall–Kier alpha value is -2.45. The normalized spacial score (nSPS) is 11.9. The van der Waals surface area contributed by atoms with Gasteiger partial charge in [0, 0.05) is 4.91 Å². The van der Waals surface area contributed by atoms with Gasteiger partial charge in [-0.25, -0.2) is 4.98 Å². The molecule has 0 bridgehead atoms. The molecule has 3 rings (SSSR count). The van der Waals surface area contributed by atoms with E-state index in [0.29, 0.717) is 9.91 Å². The first-order valence-corrected chi connectivity index (χ1v) is 9.28. The van der Waals surface area contributed by atoms with Gasteiger partial charge in [0.2, 0.25) is 0 Å². The highest BCUT2D eigenvalue weighted by atomic mass is 32.2. The van der Waals surface area contributed by atoms with Gasteiger partial charge in [-0.2, -0.15) is 8.78 Å². The lowest BCUT2D eigenvalue weighted by Crippen LogP contribution is -2.01. The zero-order chi connectivity index (χ0) is 18.5. The minimum atomic E-state index is -2.87. The number of rotatable bonds is 7. The van der Waals surface area contributed by atoms with Crippen LogP contribution in [0.1, 0.15) is 10.6 Å². The number of ether oxygens (including phenoxy) is 1. The first-order valence-electron chi connectivity index (χ1n) is 7.48. The van der Waals surface area contributed by atoms with Crippen molar-refractivity contribution in [3.8, 4) is 5.75 Å². The Kier molecular flexibility index (Phi) is 5.85. The summed E-state index contributed by atoms with van der Waals surface area (Å²) in [6, 6.07) is 13.8. The van der Waals surface area contributed by atoms with Crippen molar-refractivity contribution >= 4 is 50.3 Å². The van der Waals surface area contributed by atoms with Crippen LogP contribution in [0.5, 0.6) is 5.75 Å². The summed E-state index contributed by atoms with van der Waals surface area (Å²) in [5.41, 5.74) is 1.58. The van der Waals surface area contributed by atoms with Gasteiger partial charge in [0.25, 0.3) is 0 Å². The van der Waals surface area contributed by atoms with Gasteiger partial charge in [0.05, 0.1) is 16.0 Å². The standard InChI is InChI=1S/C18H13F2NO3S2/c19-18(20)24-12-7-5-11(6-8-12)9-15(25-10-16(22)23)17-21-13-3-1-2-4-14(13)26-17/h1-9,18H,10H2,(H,22,23)/b15-9-. The quantitative estimate of drug-likeness (QED) is 0.597. The molecule has 0 saturated heterocycles. The molecule has 0 amide bonds. The highest BCUT2D eigenvalue weighted by Gasteiger charge is 2.12. The highest BCUT2D eigenvalue weighted by molar-refractivity contribution is 8.09. The summed E-state index contributed by atoms with van der Waals surface area (Å²) in [6.07, 6.45) is 1.79. The van der Waals surface area contributed by atoms with Gasteiger partial charge in [-0.15, -0.1) is 23.1 Å². The molecule has 0 aliphatic carbocycles. The summed E-state index contributed by atoms with van der Waals surface area (Å²) in [7, 11) is 0. The Balaban J connectivity index is 1.92. The fraction of sp³-hybridized carbons (Fsp3) is 0.111. The van der Waals surface area contributed by atoms with Crippen molar-refractivity contribution in [3.63, 3.8) is 0 Å². The number of carbonyl (C=O) groups is 1. The molecule has 1 heterocycles. The number of hydrogen-bond donors (Lipinski definition) is 1. The molecule has 1 N–H and O–H groups in total. The van der Waals surface area contributed by atoms with Crippen molar-refractivity contribution < 1.29 is 23.4 Å². The number of nitrogens with zero attached hydrogens (tertiary/aromatic N) is 1.